The minimum atomic E-state index is 0.0134. The van der Waals surface area contributed by atoms with Crippen LogP contribution in [0, 0.1) is 21.9 Å². The monoisotopic (exact) mass is 964 g/mol. The molecule has 2 atom stereocenters. The van der Waals surface area contributed by atoms with Gasteiger partial charge in [0.2, 0.25) is 0 Å². The van der Waals surface area contributed by atoms with E-state index in [0.717, 1.165) is 86.0 Å². The molecule has 0 N–H and O–H groups in total. The van der Waals surface area contributed by atoms with Gasteiger partial charge in [-0.05, 0) is 37.1 Å². The number of pyridine rings is 1. The van der Waals surface area contributed by atoms with Crippen LogP contribution in [0.4, 0.5) is 11.5 Å². The number of fused-ring (bicyclic) bond motifs is 4. The molecule has 0 spiro atoms. The number of imidazole rings is 1. The van der Waals surface area contributed by atoms with Crippen LogP contribution in [-0.4, -0.2) is 45.7 Å². The van der Waals surface area contributed by atoms with Gasteiger partial charge in [-0.15, -0.1) is 0 Å². The van der Waals surface area contributed by atoms with Gasteiger partial charge in [0.1, 0.15) is 0 Å². The third-order valence-electron chi connectivity index (χ3n) is 12.2. The molecule has 1 saturated heterocycles. The number of aromatic nitrogens is 3. The van der Waals surface area contributed by atoms with Crippen LogP contribution >= 0.6 is 0 Å². The molecule has 1 fully saturated rings. The third-order valence-corrected chi connectivity index (χ3v) is 13.2. The summed E-state index contributed by atoms with van der Waals surface area (Å²) in [6.07, 6.45) is 3.12. The fraction of sp³-hybridized carbons (Fsp3) is 0.208. The van der Waals surface area contributed by atoms with E-state index in [1.165, 1.54) is 11.1 Å². The van der Waals surface area contributed by atoms with Gasteiger partial charge in [0, 0.05) is 6.20 Å². The van der Waals surface area contributed by atoms with Gasteiger partial charge < -0.3 is 4.90 Å². The van der Waals surface area contributed by atoms with E-state index in [4.69, 9.17) is 9.72 Å². The molecule has 302 valence electrons. The van der Waals surface area contributed by atoms with Gasteiger partial charge in [-0.1, -0.05) is 20.8 Å². The molecule has 0 aliphatic carbocycles. The number of ether oxygens (including phenoxy) is 1. The summed E-state index contributed by atoms with van der Waals surface area (Å²) >= 11 is 2.48. The standard InChI is InChI=1S/C53H47N5O.Pt/c1-53(2,3)40-27-29-54-51(31-40)56-34-39-28-30-55(4)35-47(39)46-26-25-43(33-50(46)56)59-42-20-13-19-41(32-42)57-36-58(49-24-12-11-23-48(49)57)52-44(37-15-7-5-8-16-37)21-14-22-45(52)38-17-9-6-10-18-38;/h5-27,29,31,39,47H,28,30,34-35H2,1-4H3;/q-2;. The van der Waals surface area contributed by atoms with Gasteiger partial charge in [-0.25, -0.2) is 0 Å². The van der Waals surface area contributed by atoms with Gasteiger partial charge in [0.25, 0.3) is 0 Å². The van der Waals surface area contributed by atoms with Gasteiger partial charge in [0.15, 0.2) is 0 Å². The molecule has 2 aliphatic heterocycles. The molecule has 2 unspecified atom stereocenters. The molecular weight excluding hydrogens is 918 g/mol. The van der Waals surface area contributed by atoms with E-state index in [0.29, 0.717) is 23.3 Å². The molecule has 2 aromatic heterocycles. The summed E-state index contributed by atoms with van der Waals surface area (Å²) in [7, 11) is 2.24. The Labute approximate surface area is 363 Å². The number of likely N-dealkylation sites (tertiary alicyclic amines) is 1. The Hall–Kier alpha value is -5.81. The number of piperidine rings is 1. The van der Waals surface area contributed by atoms with Crippen LogP contribution in [-0.2, 0) is 24.8 Å². The number of benzene rings is 6. The van der Waals surface area contributed by atoms with Crippen molar-refractivity contribution in [3.63, 3.8) is 0 Å². The van der Waals surface area contributed by atoms with E-state index in [9.17, 15) is 0 Å². The van der Waals surface area contributed by atoms with Crippen molar-refractivity contribution in [2.24, 2.45) is 5.92 Å². The van der Waals surface area contributed by atoms with Crippen LogP contribution in [0.2, 0.25) is 0 Å². The van der Waals surface area contributed by atoms with Crippen LogP contribution in [0.15, 0.2) is 152 Å². The Balaban J connectivity index is 1.07. The van der Waals surface area contributed by atoms with Crippen molar-refractivity contribution >= 4 is 22.5 Å². The molecule has 10 rings (SSSR count). The zero-order valence-corrected chi connectivity index (χ0v) is 36.6. The quantitative estimate of drug-likeness (QED) is 0.149. The zero-order valence-electron chi connectivity index (χ0n) is 34.4. The Kier molecular flexibility index (Phi) is 10.0. The van der Waals surface area contributed by atoms with Gasteiger partial charge in [-0.2, -0.15) is 0 Å². The number of likely N-dealkylation sites (N-methyl/N-ethyl adjacent to an activating group) is 1. The summed E-state index contributed by atoms with van der Waals surface area (Å²) in [6.45, 7) is 9.83. The second-order valence-corrected chi connectivity index (χ2v) is 18.2. The first kappa shape index (κ1) is 38.4. The normalized spacial score (nSPS) is 16.7. The summed E-state index contributed by atoms with van der Waals surface area (Å²) in [5, 5.41) is 0. The Morgan fingerprint density at radius 2 is 1.33 bits per heavy atom. The van der Waals surface area contributed by atoms with E-state index in [-0.39, 0.29) is 5.41 Å². The van der Waals surface area contributed by atoms with E-state index in [1.54, 1.807) is 0 Å². The molecule has 60 heavy (non-hydrogen) atoms. The van der Waals surface area contributed by atoms with Gasteiger partial charge in [0.05, 0.1) is 0 Å². The second-order valence-electron chi connectivity index (χ2n) is 17.1. The molecule has 0 bridgehead atoms. The van der Waals surface area contributed by atoms with Crippen molar-refractivity contribution in [3.8, 4) is 45.1 Å². The summed E-state index contributed by atoms with van der Waals surface area (Å²) in [6, 6.07) is 58.9. The fourth-order valence-electron chi connectivity index (χ4n) is 9.14. The number of rotatable bonds is 7. The first-order valence-electron chi connectivity index (χ1n) is 20.8. The molecule has 7 heteroatoms. The van der Waals surface area contributed by atoms with E-state index in [1.807, 2.05) is 12.3 Å². The molecule has 4 heterocycles. The first-order valence-corrected chi connectivity index (χ1v) is 22.0. The summed E-state index contributed by atoms with van der Waals surface area (Å²) in [5.74, 6) is 3.24. The van der Waals surface area contributed by atoms with Crippen LogP contribution in [0.25, 0.3) is 44.7 Å². The molecule has 0 saturated carbocycles. The molecule has 6 nitrogen and oxygen atoms in total. The Morgan fingerprint density at radius 1 is 0.683 bits per heavy atom. The van der Waals surface area contributed by atoms with Crippen molar-refractivity contribution < 1.29 is 24.1 Å². The predicted octanol–water partition coefficient (Wildman–Crippen LogP) is 12.1. The van der Waals surface area contributed by atoms with Gasteiger partial charge >= 0.3 is 297 Å². The van der Waals surface area contributed by atoms with E-state index < -0.39 is 0 Å². The predicted molar refractivity (Wildman–Crippen MR) is 239 cm³/mol. The maximum absolute atomic E-state index is 6.73. The van der Waals surface area contributed by atoms with Gasteiger partial charge in [-0.3, -0.25) is 0 Å². The van der Waals surface area contributed by atoms with Crippen molar-refractivity contribution in [1.29, 1.82) is 0 Å². The summed E-state index contributed by atoms with van der Waals surface area (Å²) in [4.78, 5) is 9.78. The molecule has 8 aromatic rings. The van der Waals surface area contributed by atoms with Crippen LogP contribution < -0.4 is 9.64 Å². The van der Waals surface area contributed by atoms with Crippen LogP contribution in [0.5, 0.6) is 11.5 Å². The number of hydrogen-bond acceptors (Lipinski definition) is 4. The van der Waals surface area contributed by atoms with Crippen molar-refractivity contribution in [1.82, 2.24) is 19.0 Å². The number of para-hydroxylation sites is 3. The Morgan fingerprint density at radius 3 is 2.03 bits per heavy atom. The van der Waals surface area contributed by atoms with Crippen LogP contribution in [0.1, 0.15) is 44.2 Å². The number of anilines is 2. The van der Waals surface area contributed by atoms with Crippen molar-refractivity contribution in [3.05, 3.63) is 179 Å². The minimum absolute atomic E-state index is 0.0134. The average molecular weight is 965 g/mol. The topological polar surface area (TPSA) is 38.5 Å². The second kappa shape index (κ2) is 15.7. The van der Waals surface area contributed by atoms with Crippen LogP contribution in [0.3, 0.4) is 0 Å². The van der Waals surface area contributed by atoms with Crippen molar-refractivity contribution in [2.75, 3.05) is 31.6 Å². The number of nitrogens with zero attached hydrogens (tertiary/aromatic N) is 5. The van der Waals surface area contributed by atoms with Crippen molar-refractivity contribution in [2.45, 2.75) is 38.5 Å². The zero-order chi connectivity index (χ0) is 41.0. The van der Waals surface area contributed by atoms with E-state index >= 15 is 0 Å². The SMILES string of the molecule is CN1CCC2CN(c3cc(C(C)(C)C)ccn3)c3[c-]c(Oc4[c-]c(-n5[c](=[Pt])n(-c6c(-c7ccccc7)cccc6-c6ccccc6)c6ccccc65)ccc4)ccc3C2C1. The first-order chi connectivity index (χ1) is 29.2. The van der Waals surface area contributed by atoms with E-state index in [2.05, 4.69) is 218 Å². The number of hydrogen-bond donors (Lipinski definition) is 0. The fourth-order valence-corrected chi connectivity index (χ4v) is 10.2. The third kappa shape index (κ3) is 7.06. The Bertz CT molecular complexity index is 2850. The molecule has 0 radical (unpaired) electrons. The summed E-state index contributed by atoms with van der Waals surface area (Å²) < 4.78 is 12.4. The molecule has 6 aromatic carbocycles. The average Bonchev–Trinajstić information content (AvgIpc) is 3.57. The molecular formula is C53H47N5OPt-2. The maximum atomic E-state index is 6.73. The molecule has 0 amide bonds. The summed E-state index contributed by atoms with van der Waals surface area (Å²) in [5.41, 5.74) is 12.5. The molecule has 2 aliphatic rings.